The summed E-state index contributed by atoms with van der Waals surface area (Å²) in [6, 6.07) is 10.9. The summed E-state index contributed by atoms with van der Waals surface area (Å²) in [6.07, 6.45) is 10.0. The summed E-state index contributed by atoms with van der Waals surface area (Å²) in [4.78, 5) is 0. The molecule has 2 unspecified atom stereocenters. The maximum Gasteiger partial charge on any atom is -0.0230 e. The van der Waals surface area contributed by atoms with Gasteiger partial charge in [-0.3, -0.25) is 0 Å². The second-order valence-electron chi connectivity index (χ2n) is 4.19. The smallest absolute Gasteiger partial charge is 0.0230 e. The lowest BCUT2D eigenvalue weighted by Crippen LogP contribution is -1.88. The molecule has 0 aliphatic carbocycles. The van der Waals surface area contributed by atoms with Crippen molar-refractivity contribution in [3.8, 4) is 0 Å². The minimum atomic E-state index is 1.04. The Morgan fingerprint density at radius 3 is 2.31 bits per heavy atom. The minimum Gasteiger partial charge on any atom is -0.0946 e. The number of rotatable bonds is 9. The molecule has 0 bridgehead atoms. The van der Waals surface area contributed by atoms with Crippen molar-refractivity contribution in [1.82, 2.24) is 0 Å². The van der Waals surface area contributed by atoms with Crippen LogP contribution in [0.25, 0.3) is 0 Å². The van der Waals surface area contributed by atoms with Crippen molar-refractivity contribution in [2.75, 3.05) is 6.16 Å². The fourth-order valence-corrected chi connectivity index (χ4v) is 4.81. The Morgan fingerprint density at radius 2 is 1.56 bits per heavy atom. The molecular formula is C14H24P2. The standard InChI is InChI=1S/C14H24P2/c1-2-3-4-5-6-10-13-15-16-14-11-8-7-9-12-14/h7-9,11-12,15-16H,2-6,10,13H2,1H3. The molecule has 0 nitrogen and oxygen atoms in total. The van der Waals surface area contributed by atoms with Gasteiger partial charge in [0.2, 0.25) is 0 Å². The van der Waals surface area contributed by atoms with Gasteiger partial charge in [0.1, 0.15) is 0 Å². The second-order valence-corrected chi connectivity index (χ2v) is 7.68. The molecule has 0 amide bonds. The molecule has 0 saturated heterocycles. The molecule has 1 rings (SSSR count). The quantitative estimate of drug-likeness (QED) is 0.432. The van der Waals surface area contributed by atoms with Crippen LogP contribution in [0, 0.1) is 0 Å². The van der Waals surface area contributed by atoms with E-state index in [-0.39, 0.29) is 0 Å². The molecule has 0 spiro atoms. The summed E-state index contributed by atoms with van der Waals surface area (Å²) in [6.45, 7) is 2.28. The highest BCUT2D eigenvalue weighted by atomic mass is 32.0. The first-order chi connectivity index (χ1) is 7.93. The average molecular weight is 254 g/mol. The van der Waals surface area contributed by atoms with E-state index >= 15 is 0 Å². The van der Waals surface area contributed by atoms with Crippen molar-refractivity contribution in [3.05, 3.63) is 30.3 Å². The van der Waals surface area contributed by atoms with E-state index in [0.29, 0.717) is 0 Å². The summed E-state index contributed by atoms with van der Waals surface area (Å²) in [5.41, 5.74) is 0. The lowest BCUT2D eigenvalue weighted by molar-refractivity contribution is 0.627. The largest absolute Gasteiger partial charge is 0.0946 e. The second kappa shape index (κ2) is 10.2. The van der Waals surface area contributed by atoms with Crippen molar-refractivity contribution in [2.45, 2.75) is 45.4 Å². The molecule has 16 heavy (non-hydrogen) atoms. The average Bonchev–Trinajstić information content (AvgIpc) is 2.34. The van der Waals surface area contributed by atoms with Crippen LogP contribution in [-0.2, 0) is 0 Å². The van der Waals surface area contributed by atoms with Crippen LogP contribution in [-0.4, -0.2) is 6.16 Å². The fourth-order valence-electron chi connectivity index (χ4n) is 1.68. The Morgan fingerprint density at radius 1 is 0.875 bits per heavy atom. The van der Waals surface area contributed by atoms with Crippen molar-refractivity contribution in [2.24, 2.45) is 0 Å². The Kier molecular flexibility index (Phi) is 9.06. The van der Waals surface area contributed by atoms with E-state index in [2.05, 4.69) is 37.3 Å². The zero-order chi connectivity index (χ0) is 11.5. The molecule has 1 aromatic rings. The van der Waals surface area contributed by atoms with Crippen LogP contribution < -0.4 is 5.30 Å². The summed E-state index contributed by atoms with van der Waals surface area (Å²) < 4.78 is 0. The summed E-state index contributed by atoms with van der Waals surface area (Å²) in [5.74, 6) is 0. The summed E-state index contributed by atoms with van der Waals surface area (Å²) in [5, 5.41) is 1.53. The molecule has 0 aromatic heterocycles. The lowest BCUT2D eigenvalue weighted by atomic mass is 10.1. The number of benzene rings is 1. The minimum absolute atomic E-state index is 1.04. The van der Waals surface area contributed by atoms with Crippen LogP contribution in [0.15, 0.2) is 30.3 Å². The third-order valence-electron chi connectivity index (χ3n) is 2.66. The van der Waals surface area contributed by atoms with Crippen LogP contribution in [0.3, 0.4) is 0 Å². The predicted molar refractivity (Wildman–Crippen MR) is 80.9 cm³/mol. The summed E-state index contributed by atoms with van der Waals surface area (Å²) >= 11 is 0. The van der Waals surface area contributed by atoms with Gasteiger partial charge in [-0.15, -0.1) is 0 Å². The van der Waals surface area contributed by atoms with Crippen molar-refractivity contribution in [3.63, 3.8) is 0 Å². The molecule has 0 fully saturated rings. The number of hydrogen-bond acceptors (Lipinski definition) is 0. The van der Waals surface area contributed by atoms with E-state index in [1.807, 2.05) is 0 Å². The van der Waals surface area contributed by atoms with Gasteiger partial charge in [-0.1, -0.05) is 85.9 Å². The SMILES string of the molecule is CCCCCCCCPPc1ccccc1. The van der Waals surface area contributed by atoms with Gasteiger partial charge in [0.05, 0.1) is 0 Å². The molecule has 0 N–H and O–H groups in total. The first-order valence-corrected chi connectivity index (χ1v) is 9.68. The molecule has 2 atom stereocenters. The molecule has 0 heterocycles. The highest BCUT2D eigenvalue weighted by molar-refractivity contribution is 8.15. The monoisotopic (exact) mass is 254 g/mol. The first-order valence-electron chi connectivity index (χ1n) is 6.47. The summed E-state index contributed by atoms with van der Waals surface area (Å²) in [7, 11) is 2.19. The molecule has 90 valence electrons. The van der Waals surface area contributed by atoms with Gasteiger partial charge in [0, 0.05) is 0 Å². The van der Waals surface area contributed by atoms with Crippen LogP contribution in [0.2, 0.25) is 0 Å². The van der Waals surface area contributed by atoms with Crippen molar-refractivity contribution in [1.29, 1.82) is 0 Å². The normalized spacial score (nSPS) is 12.1. The maximum absolute atomic E-state index is 2.28. The third kappa shape index (κ3) is 7.37. The molecule has 0 radical (unpaired) electrons. The number of hydrogen-bond donors (Lipinski definition) is 0. The highest BCUT2D eigenvalue weighted by Crippen LogP contribution is 2.36. The zero-order valence-electron chi connectivity index (χ0n) is 10.3. The highest BCUT2D eigenvalue weighted by Gasteiger charge is 1.93. The van der Waals surface area contributed by atoms with Crippen molar-refractivity contribution >= 4 is 21.8 Å². The first kappa shape index (κ1) is 14.1. The Hall–Kier alpha value is 0.0800. The fraction of sp³-hybridized carbons (Fsp3) is 0.571. The number of unbranched alkanes of at least 4 members (excludes halogenated alkanes) is 5. The topological polar surface area (TPSA) is 0 Å². The Bertz CT molecular complexity index is 246. The molecule has 0 aliphatic heterocycles. The van der Waals surface area contributed by atoms with Crippen LogP contribution in [0.1, 0.15) is 45.4 Å². The van der Waals surface area contributed by atoms with E-state index in [0.717, 1.165) is 16.5 Å². The van der Waals surface area contributed by atoms with E-state index in [1.165, 1.54) is 50.0 Å². The zero-order valence-corrected chi connectivity index (χ0v) is 12.3. The Balaban J connectivity index is 1.89. The maximum atomic E-state index is 2.28. The van der Waals surface area contributed by atoms with E-state index in [1.54, 1.807) is 0 Å². The van der Waals surface area contributed by atoms with Crippen LogP contribution in [0.4, 0.5) is 0 Å². The van der Waals surface area contributed by atoms with Crippen LogP contribution in [0.5, 0.6) is 0 Å². The van der Waals surface area contributed by atoms with Gasteiger partial charge in [-0.2, -0.15) is 0 Å². The van der Waals surface area contributed by atoms with Gasteiger partial charge in [-0.05, 0) is 17.9 Å². The van der Waals surface area contributed by atoms with Crippen LogP contribution >= 0.6 is 16.5 Å². The van der Waals surface area contributed by atoms with E-state index in [4.69, 9.17) is 0 Å². The van der Waals surface area contributed by atoms with Gasteiger partial charge in [-0.25, -0.2) is 0 Å². The molecule has 0 aliphatic rings. The Labute approximate surface area is 104 Å². The predicted octanol–water partition coefficient (Wildman–Crippen LogP) is 4.94. The van der Waals surface area contributed by atoms with E-state index < -0.39 is 0 Å². The molecule has 0 saturated carbocycles. The van der Waals surface area contributed by atoms with Gasteiger partial charge >= 0.3 is 0 Å². The lowest BCUT2D eigenvalue weighted by Gasteiger charge is -2.02. The molecule has 1 aromatic carbocycles. The van der Waals surface area contributed by atoms with Gasteiger partial charge in [0.25, 0.3) is 0 Å². The van der Waals surface area contributed by atoms with Gasteiger partial charge < -0.3 is 0 Å². The molecule has 2 heteroatoms. The van der Waals surface area contributed by atoms with Gasteiger partial charge in [0.15, 0.2) is 0 Å². The molecular weight excluding hydrogens is 230 g/mol. The third-order valence-corrected chi connectivity index (χ3v) is 6.21. The van der Waals surface area contributed by atoms with E-state index in [9.17, 15) is 0 Å². The van der Waals surface area contributed by atoms with Crippen molar-refractivity contribution < 1.29 is 0 Å².